The maximum atomic E-state index is 12.3. The van der Waals surface area contributed by atoms with Gasteiger partial charge in [-0.05, 0) is 17.9 Å². The van der Waals surface area contributed by atoms with Crippen LogP contribution in [0.3, 0.4) is 0 Å². The second kappa shape index (κ2) is 6.60. The van der Waals surface area contributed by atoms with Crippen LogP contribution >= 0.6 is 0 Å². The van der Waals surface area contributed by atoms with Gasteiger partial charge in [0, 0.05) is 13.0 Å². The zero-order valence-corrected chi connectivity index (χ0v) is 12.8. The molecule has 118 valence electrons. The Labute approximate surface area is 129 Å². The smallest absolute Gasteiger partial charge is 0.322 e. The Bertz CT molecular complexity index is 571. The van der Waals surface area contributed by atoms with Crippen molar-refractivity contribution in [3.05, 3.63) is 35.9 Å². The van der Waals surface area contributed by atoms with Gasteiger partial charge in [0.1, 0.15) is 5.54 Å². The highest BCUT2D eigenvalue weighted by atomic mass is 16.2. The van der Waals surface area contributed by atoms with Crippen molar-refractivity contribution in [2.45, 2.75) is 32.2 Å². The third-order valence-electron chi connectivity index (χ3n) is 3.64. The summed E-state index contributed by atoms with van der Waals surface area (Å²) in [5.41, 5.74) is -0.497. The van der Waals surface area contributed by atoms with Crippen LogP contribution in [0.5, 0.6) is 0 Å². The summed E-state index contributed by atoms with van der Waals surface area (Å²) in [5, 5.41) is 7.75. The van der Waals surface area contributed by atoms with Gasteiger partial charge in [-0.25, -0.2) is 4.79 Å². The topological polar surface area (TPSA) is 87.3 Å². The highest BCUT2D eigenvalue weighted by Gasteiger charge is 2.47. The van der Waals surface area contributed by atoms with Crippen LogP contribution in [0.2, 0.25) is 0 Å². The molecule has 1 saturated heterocycles. The Hall–Kier alpha value is -2.37. The van der Waals surface area contributed by atoms with Crippen LogP contribution in [0.15, 0.2) is 30.3 Å². The molecule has 3 N–H and O–H groups in total. The number of benzene rings is 1. The van der Waals surface area contributed by atoms with Crippen LogP contribution in [0, 0.1) is 5.92 Å². The summed E-state index contributed by atoms with van der Waals surface area (Å²) in [6.45, 7) is 4.61. The second-order valence-electron chi connectivity index (χ2n) is 5.88. The Balaban J connectivity index is 2.12. The van der Waals surface area contributed by atoms with Gasteiger partial charge >= 0.3 is 6.03 Å². The fraction of sp³-hybridized carbons (Fsp3) is 0.438. The fourth-order valence-electron chi connectivity index (χ4n) is 2.45. The molecule has 1 aliphatic rings. The lowest BCUT2D eigenvalue weighted by Gasteiger charge is -2.26. The summed E-state index contributed by atoms with van der Waals surface area (Å²) >= 11 is 0. The van der Waals surface area contributed by atoms with Crippen molar-refractivity contribution in [3.8, 4) is 0 Å². The van der Waals surface area contributed by atoms with Crippen molar-refractivity contribution in [2.75, 3.05) is 6.54 Å². The van der Waals surface area contributed by atoms with Crippen molar-refractivity contribution in [1.82, 2.24) is 16.0 Å². The van der Waals surface area contributed by atoms with Gasteiger partial charge in [-0.3, -0.25) is 14.9 Å². The van der Waals surface area contributed by atoms with Crippen molar-refractivity contribution in [3.63, 3.8) is 0 Å². The van der Waals surface area contributed by atoms with E-state index in [4.69, 9.17) is 0 Å². The standard InChI is InChI=1S/C16H21N3O3/c1-11(2)10-17-13(20)8-9-16(12-6-4-3-5-7-12)14(21)18-15(22)19-16/h3-7,11H,8-10H2,1-2H3,(H,17,20)(H2,18,19,21,22). The molecule has 1 unspecified atom stereocenters. The minimum Gasteiger partial charge on any atom is -0.356 e. The summed E-state index contributed by atoms with van der Waals surface area (Å²) in [6, 6.07) is 8.45. The van der Waals surface area contributed by atoms with E-state index >= 15 is 0 Å². The number of hydrogen-bond donors (Lipinski definition) is 3. The first kappa shape index (κ1) is 16.0. The van der Waals surface area contributed by atoms with E-state index in [0.29, 0.717) is 18.0 Å². The Morgan fingerprint density at radius 2 is 1.91 bits per heavy atom. The summed E-state index contributed by atoms with van der Waals surface area (Å²) in [4.78, 5) is 35.7. The maximum Gasteiger partial charge on any atom is 0.322 e. The average Bonchev–Trinajstić information content (AvgIpc) is 2.79. The molecule has 0 saturated carbocycles. The number of hydrogen-bond acceptors (Lipinski definition) is 3. The number of amides is 4. The molecule has 6 heteroatoms. The molecule has 0 spiro atoms. The minimum atomic E-state index is -1.17. The van der Waals surface area contributed by atoms with Gasteiger partial charge in [0.2, 0.25) is 5.91 Å². The molecule has 0 aliphatic carbocycles. The quantitative estimate of drug-likeness (QED) is 0.692. The molecule has 1 fully saturated rings. The largest absolute Gasteiger partial charge is 0.356 e. The third kappa shape index (κ3) is 3.44. The lowest BCUT2D eigenvalue weighted by atomic mass is 9.85. The first-order valence-electron chi connectivity index (χ1n) is 7.40. The SMILES string of the molecule is CC(C)CNC(=O)CCC1(c2ccccc2)NC(=O)NC1=O. The fourth-order valence-corrected chi connectivity index (χ4v) is 2.45. The molecule has 0 radical (unpaired) electrons. The van der Waals surface area contributed by atoms with Crippen LogP contribution in [-0.2, 0) is 15.1 Å². The molecule has 4 amide bonds. The lowest BCUT2D eigenvalue weighted by Crippen LogP contribution is -2.44. The van der Waals surface area contributed by atoms with Crippen LogP contribution in [0.1, 0.15) is 32.3 Å². The van der Waals surface area contributed by atoms with E-state index in [-0.39, 0.29) is 18.7 Å². The molecular weight excluding hydrogens is 282 g/mol. The van der Waals surface area contributed by atoms with Crippen LogP contribution < -0.4 is 16.0 Å². The summed E-state index contributed by atoms with van der Waals surface area (Å²) < 4.78 is 0. The van der Waals surface area contributed by atoms with E-state index in [1.165, 1.54) is 0 Å². The van der Waals surface area contributed by atoms with E-state index < -0.39 is 17.5 Å². The normalized spacial score (nSPS) is 20.7. The molecule has 1 aliphatic heterocycles. The number of carbonyl (C=O) groups is 3. The van der Waals surface area contributed by atoms with Gasteiger partial charge in [0.25, 0.3) is 5.91 Å². The van der Waals surface area contributed by atoms with Crippen molar-refractivity contribution < 1.29 is 14.4 Å². The van der Waals surface area contributed by atoms with E-state index in [0.717, 1.165) is 0 Å². The van der Waals surface area contributed by atoms with Gasteiger partial charge in [0.15, 0.2) is 0 Å². The molecule has 0 aromatic heterocycles. The monoisotopic (exact) mass is 303 g/mol. The van der Waals surface area contributed by atoms with Gasteiger partial charge in [-0.2, -0.15) is 0 Å². The van der Waals surface area contributed by atoms with E-state index in [1.54, 1.807) is 24.3 Å². The zero-order valence-electron chi connectivity index (χ0n) is 12.8. The molecule has 22 heavy (non-hydrogen) atoms. The minimum absolute atomic E-state index is 0.127. The average molecular weight is 303 g/mol. The molecule has 1 aromatic rings. The number of rotatable bonds is 6. The first-order valence-corrected chi connectivity index (χ1v) is 7.40. The number of nitrogens with one attached hydrogen (secondary N) is 3. The molecule has 1 atom stereocenters. The first-order chi connectivity index (χ1) is 10.4. The van der Waals surface area contributed by atoms with Gasteiger partial charge in [-0.1, -0.05) is 44.2 Å². The van der Waals surface area contributed by atoms with Crippen molar-refractivity contribution >= 4 is 17.8 Å². The highest BCUT2D eigenvalue weighted by molar-refractivity contribution is 6.07. The highest BCUT2D eigenvalue weighted by Crippen LogP contribution is 2.29. The van der Waals surface area contributed by atoms with Gasteiger partial charge in [-0.15, -0.1) is 0 Å². The third-order valence-corrected chi connectivity index (χ3v) is 3.64. The Morgan fingerprint density at radius 1 is 1.23 bits per heavy atom. The Kier molecular flexibility index (Phi) is 4.80. The van der Waals surface area contributed by atoms with Crippen LogP contribution in [-0.4, -0.2) is 24.4 Å². The molecule has 1 heterocycles. The number of urea groups is 1. The Morgan fingerprint density at radius 3 is 2.45 bits per heavy atom. The zero-order chi connectivity index (χ0) is 16.2. The predicted molar refractivity (Wildman–Crippen MR) is 81.9 cm³/mol. The van der Waals surface area contributed by atoms with Crippen LogP contribution in [0.4, 0.5) is 4.79 Å². The number of carbonyl (C=O) groups excluding carboxylic acids is 3. The molecule has 2 rings (SSSR count). The molecular formula is C16H21N3O3. The second-order valence-corrected chi connectivity index (χ2v) is 5.88. The van der Waals surface area contributed by atoms with E-state index in [2.05, 4.69) is 16.0 Å². The summed E-state index contributed by atoms with van der Waals surface area (Å²) in [7, 11) is 0. The molecule has 6 nitrogen and oxygen atoms in total. The van der Waals surface area contributed by atoms with Crippen molar-refractivity contribution in [2.24, 2.45) is 5.92 Å². The van der Waals surface area contributed by atoms with Gasteiger partial charge in [0.05, 0.1) is 0 Å². The van der Waals surface area contributed by atoms with Gasteiger partial charge < -0.3 is 10.6 Å². The predicted octanol–water partition coefficient (Wildman–Crippen LogP) is 1.27. The summed E-state index contributed by atoms with van der Waals surface area (Å²) in [5.74, 6) is -0.181. The van der Waals surface area contributed by atoms with E-state index in [1.807, 2.05) is 19.9 Å². The molecule has 1 aromatic carbocycles. The maximum absolute atomic E-state index is 12.3. The summed E-state index contributed by atoms with van der Waals surface area (Å²) in [6.07, 6.45) is 0.383. The number of imide groups is 1. The lowest BCUT2D eigenvalue weighted by molar-refractivity contribution is -0.125. The van der Waals surface area contributed by atoms with Crippen molar-refractivity contribution in [1.29, 1.82) is 0 Å². The van der Waals surface area contributed by atoms with E-state index in [9.17, 15) is 14.4 Å². The molecule has 0 bridgehead atoms. The van der Waals surface area contributed by atoms with Crippen LogP contribution in [0.25, 0.3) is 0 Å².